The van der Waals surface area contributed by atoms with Crippen molar-refractivity contribution >= 4 is 17.5 Å². The van der Waals surface area contributed by atoms with Gasteiger partial charge in [0.1, 0.15) is 0 Å². The first-order valence-corrected chi connectivity index (χ1v) is 8.62. The first kappa shape index (κ1) is 19.6. The van der Waals surface area contributed by atoms with Gasteiger partial charge >= 0.3 is 0 Å². The van der Waals surface area contributed by atoms with Crippen molar-refractivity contribution in [2.45, 2.75) is 45.4 Å². The van der Waals surface area contributed by atoms with Crippen LogP contribution in [-0.2, 0) is 16.6 Å². The van der Waals surface area contributed by atoms with Crippen molar-refractivity contribution in [2.75, 3.05) is 19.4 Å². The highest BCUT2D eigenvalue weighted by Gasteiger charge is 2.21. The lowest BCUT2D eigenvalue weighted by atomic mass is 9.96. The summed E-state index contributed by atoms with van der Waals surface area (Å²) in [5.41, 5.74) is 0.823. The molecule has 1 aromatic carbocycles. The van der Waals surface area contributed by atoms with E-state index in [4.69, 9.17) is 4.52 Å². The number of hydrogen-bond acceptors (Lipinski definition) is 5. The molecule has 2 amide bonds. The second kappa shape index (κ2) is 8.12. The summed E-state index contributed by atoms with van der Waals surface area (Å²) >= 11 is 0. The molecule has 140 valence electrons. The van der Waals surface area contributed by atoms with Gasteiger partial charge in [-0.25, -0.2) is 0 Å². The van der Waals surface area contributed by atoms with Crippen LogP contribution in [-0.4, -0.2) is 41.0 Å². The summed E-state index contributed by atoms with van der Waals surface area (Å²) in [4.78, 5) is 30.2. The first-order valence-electron chi connectivity index (χ1n) is 8.62. The van der Waals surface area contributed by atoms with Crippen molar-refractivity contribution in [3.63, 3.8) is 0 Å². The number of rotatable bonds is 6. The van der Waals surface area contributed by atoms with Crippen LogP contribution < -0.4 is 5.32 Å². The van der Waals surface area contributed by atoms with Crippen LogP contribution in [0.25, 0.3) is 0 Å². The molecule has 1 heterocycles. The Balaban J connectivity index is 1.90. The Morgan fingerprint density at radius 2 is 1.88 bits per heavy atom. The Labute approximate surface area is 153 Å². The summed E-state index contributed by atoms with van der Waals surface area (Å²) in [5.74, 6) is 0.889. The number of amides is 2. The van der Waals surface area contributed by atoms with Gasteiger partial charge in [-0.05, 0) is 18.6 Å². The van der Waals surface area contributed by atoms with E-state index in [1.54, 1.807) is 38.4 Å². The summed E-state index contributed by atoms with van der Waals surface area (Å²) < 4.78 is 5.23. The molecule has 0 aliphatic carbocycles. The smallest absolute Gasteiger partial charge is 0.255 e. The van der Waals surface area contributed by atoms with E-state index in [-0.39, 0.29) is 17.2 Å². The van der Waals surface area contributed by atoms with Crippen LogP contribution >= 0.6 is 0 Å². The lowest BCUT2D eigenvalue weighted by molar-refractivity contribution is -0.116. The molecule has 0 radical (unpaired) electrons. The van der Waals surface area contributed by atoms with Crippen molar-refractivity contribution in [3.8, 4) is 0 Å². The summed E-state index contributed by atoms with van der Waals surface area (Å²) in [7, 11) is 3.36. The Morgan fingerprint density at radius 3 is 2.50 bits per heavy atom. The highest BCUT2D eigenvalue weighted by molar-refractivity contribution is 6.03. The number of aromatic nitrogens is 2. The average Bonchev–Trinajstić information content (AvgIpc) is 3.04. The van der Waals surface area contributed by atoms with E-state index in [1.165, 1.54) is 4.90 Å². The molecule has 7 heteroatoms. The Kier molecular flexibility index (Phi) is 6.13. The third kappa shape index (κ3) is 5.15. The zero-order valence-corrected chi connectivity index (χ0v) is 16.0. The average molecular weight is 358 g/mol. The van der Waals surface area contributed by atoms with Gasteiger partial charge in [-0.3, -0.25) is 9.59 Å². The van der Waals surface area contributed by atoms with Crippen molar-refractivity contribution in [3.05, 3.63) is 41.5 Å². The number of para-hydroxylation sites is 1. The largest absolute Gasteiger partial charge is 0.345 e. The SMILES string of the molecule is CN(C)C(=O)c1ccccc1NC(=O)CCCc1nc(C(C)(C)C)no1. The van der Waals surface area contributed by atoms with Crippen LogP contribution in [0.2, 0.25) is 0 Å². The maximum Gasteiger partial charge on any atom is 0.255 e. The summed E-state index contributed by atoms with van der Waals surface area (Å²) in [5, 5.41) is 6.78. The topological polar surface area (TPSA) is 88.3 Å². The van der Waals surface area contributed by atoms with Gasteiger partial charge in [0.05, 0.1) is 11.3 Å². The molecule has 2 rings (SSSR count). The normalized spacial score (nSPS) is 11.3. The fraction of sp³-hybridized carbons (Fsp3) is 0.474. The number of carbonyl (C=O) groups excluding carboxylic acids is 2. The van der Waals surface area contributed by atoms with Crippen molar-refractivity contribution in [1.29, 1.82) is 0 Å². The number of hydrogen-bond donors (Lipinski definition) is 1. The third-order valence-electron chi connectivity index (χ3n) is 3.77. The molecule has 0 aliphatic rings. The lowest BCUT2D eigenvalue weighted by Crippen LogP contribution is -2.24. The van der Waals surface area contributed by atoms with Gasteiger partial charge in [0.15, 0.2) is 5.82 Å². The van der Waals surface area contributed by atoms with E-state index in [1.807, 2.05) is 20.8 Å². The highest BCUT2D eigenvalue weighted by atomic mass is 16.5. The molecule has 0 spiro atoms. The maximum atomic E-state index is 12.2. The van der Waals surface area contributed by atoms with Gasteiger partial charge in [-0.2, -0.15) is 4.98 Å². The molecule has 0 unspecified atom stereocenters. The van der Waals surface area contributed by atoms with Gasteiger partial charge in [0, 0.05) is 32.4 Å². The quantitative estimate of drug-likeness (QED) is 0.857. The minimum Gasteiger partial charge on any atom is -0.345 e. The molecule has 7 nitrogen and oxygen atoms in total. The molecule has 0 saturated carbocycles. The van der Waals surface area contributed by atoms with Crippen LogP contribution in [0.4, 0.5) is 5.69 Å². The van der Waals surface area contributed by atoms with Crippen molar-refractivity contribution in [2.24, 2.45) is 0 Å². The van der Waals surface area contributed by atoms with Crippen LogP contribution in [0.1, 0.15) is 55.7 Å². The molecule has 0 fully saturated rings. The molecule has 2 aromatic rings. The van der Waals surface area contributed by atoms with E-state index in [0.717, 1.165) is 0 Å². The van der Waals surface area contributed by atoms with Gasteiger partial charge < -0.3 is 14.7 Å². The molecule has 1 aromatic heterocycles. The van der Waals surface area contributed by atoms with Gasteiger partial charge in [0.25, 0.3) is 5.91 Å². The number of aryl methyl sites for hydroxylation is 1. The van der Waals surface area contributed by atoms with Gasteiger partial charge in [-0.15, -0.1) is 0 Å². The molecular formula is C19H26N4O3. The monoisotopic (exact) mass is 358 g/mol. The van der Waals surface area contributed by atoms with Crippen LogP contribution in [0, 0.1) is 0 Å². The van der Waals surface area contributed by atoms with Crippen molar-refractivity contribution < 1.29 is 14.1 Å². The second-order valence-electron chi connectivity index (χ2n) is 7.41. The Bertz CT molecular complexity index is 775. The molecule has 26 heavy (non-hydrogen) atoms. The van der Waals surface area contributed by atoms with E-state index in [0.29, 0.717) is 42.2 Å². The van der Waals surface area contributed by atoms with Crippen molar-refractivity contribution in [1.82, 2.24) is 15.0 Å². The molecule has 0 atom stereocenters. The number of benzene rings is 1. The molecule has 0 aliphatic heterocycles. The third-order valence-corrected chi connectivity index (χ3v) is 3.77. The first-order chi connectivity index (χ1) is 12.2. The van der Waals surface area contributed by atoms with Crippen LogP contribution in [0.3, 0.4) is 0 Å². The van der Waals surface area contributed by atoms with E-state index in [2.05, 4.69) is 15.5 Å². The van der Waals surface area contributed by atoms with E-state index < -0.39 is 0 Å². The van der Waals surface area contributed by atoms with E-state index in [9.17, 15) is 9.59 Å². The standard InChI is InChI=1S/C19H26N4O3/c1-19(2,3)18-21-16(26-22-18)12-8-11-15(24)20-14-10-7-6-9-13(14)17(25)23(4)5/h6-7,9-10H,8,11-12H2,1-5H3,(H,20,24). The maximum absolute atomic E-state index is 12.2. The summed E-state index contributed by atoms with van der Waals surface area (Å²) in [6.07, 6.45) is 1.42. The van der Waals surface area contributed by atoms with Gasteiger partial charge in [-0.1, -0.05) is 38.1 Å². The number of nitrogens with zero attached hydrogens (tertiary/aromatic N) is 3. The molecule has 1 N–H and O–H groups in total. The Morgan fingerprint density at radius 1 is 1.19 bits per heavy atom. The predicted octanol–water partition coefficient (Wildman–Crippen LogP) is 3.03. The van der Waals surface area contributed by atoms with Gasteiger partial charge in [0.2, 0.25) is 11.8 Å². The minimum atomic E-state index is -0.165. The predicted molar refractivity (Wildman–Crippen MR) is 99.0 cm³/mol. The van der Waals surface area contributed by atoms with E-state index >= 15 is 0 Å². The summed E-state index contributed by atoms with van der Waals surface area (Å²) in [6, 6.07) is 6.98. The number of nitrogens with one attached hydrogen (secondary N) is 1. The minimum absolute atomic E-state index is 0.151. The highest BCUT2D eigenvalue weighted by Crippen LogP contribution is 2.19. The molecule has 0 saturated heterocycles. The fourth-order valence-corrected chi connectivity index (χ4v) is 2.29. The zero-order chi connectivity index (χ0) is 19.3. The molecule has 0 bridgehead atoms. The Hall–Kier alpha value is -2.70. The second-order valence-corrected chi connectivity index (χ2v) is 7.41. The number of carbonyl (C=O) groups is 2. The van der Waals surface area contributed by atoms with Crippen LogP contribution in [0.15, 0.2) is 28.8 Å². The summed E-state index contributed by atoms with van der Waals surface area (Å²) in [6.45, 7) is 6.05. The molecular weight excluding hydrogens is 332 g/mol. The lowest BCUT2D eigenvalue weighted by Gasteiger charge is -2.14. The fourth-order valence-electron chi connectivity index (χ4n) is 2.29. The van der Waals surface area contributed by atoms with Crippen LogP contribution in [0.5, 0.6) is 0 Å². The zero-order valence-electron chi connectivity index (χ0n) is 16.0. The number of anilines is 1.